The fourth-order valence-electron chi connectivity index (χ4n) is 1.33. The first-order valence-corrected chi connectivity index (χ1v) is 4.20. The van der Waals surface area contributed by atoms with Crippen LogP contribution in [0.3, 0.4) is 0 Å². The van der Waals surface area contributed by atoms with Crippen molar-refractivity contribution >= 4 is 0 Å². The highest BCUT2D eigenvalue weighted by Crippen LogP contribution is 2.23. The van der Waals surface area contributed by atoms with E-state index in [-0.39, 0.29) is 18.6 Å². The molecule has 1 atom stereocenters. The number of hydrogen-bond acceptors (Lipinski definition) is 2. The lowest BCUT2D eigenvalue weighted by atomic mass is 10.0. The number of aryl methyl sites for hydroxylation is 1. The van der Waals surface area contributed by atoms with Crippen molar-refractivity contribution in [2.24, 2.45) is 0 Å². The van der Waals surface area contributed by atoms with Crippen molar-refractivity contribution in [3.8, 4) is 0 Å². The fourth-order valence-corrected chi connectivity index (χ4v) is 1.33. The zero-order valence-electron chi connectivity index (χ0n) is 7.50. The molecule has 0 fully saturated rings. The first kappa shape index (κ1) is 10.2. The maximum absolute atomic E-state index is 13.2. The van der Waals surface area contributed by atoms with Gasteiger partial charge in [-0.25, -0.2) is 4.39 Å². The second-order valence-corrected chi connectivity index (χ2v) is 3.00. The molecule has 1 aromatic carbocycles. The van der Waals surface area contributed by atoms with Crippen LogP contribution in [0.5, 0.6) is 0 Å². The number of benzene rings is 1. The molecule has 0 aliphatic carbocycles. The molecule has 0 aliphatic heterocycles. The van der Waals surface area contributed by atoms with Gasteiger partial charge in [0.05, 0.1) is 6.10 Å². The number of rotatable bonds is 3. The summed E-state index contributed by atoms with van der Waals surface area (Å²) in [5, 5.41) is 18.1. The molecule has 0 aliphatic rings. The number of aliphatic hydroxyl groups is 2. The Morgan fingerprint density at radius 3 is 2.69 bits per heavy atom. The minimum Gasteiger partial charge on any atom is -0.396 e. The van der Waals surface area contributed by atoms with Crippen LogP contribution in [0.2, 0.25) is 0 Å². The summed E-state index contributed by atoms with van der Waals surface area (Å²) in [6.45, 7) is 1.59. The van der Waals surface area contributed by atoms with E-state index in [0.717, 1.165) is 0 Å². The minimum absolute atomic E-state index is 0.144. The minimum atomic E-state index is -0.911. The van der Waals surface area contributed by atoms with Crippen LogP contribution in [0.15, 0.2) is 18.2 Å². The van der Waals surface area contributed by atoms with Crippen molar-refractivity contribution in [2.45, 2.75) is 19.4 Å². The van der Waals surface area contributed by atoms with Crippen molar-refractivity contribution in [1.29, 1.82) is 0 Å². The Labute approximate surface area is 76.6 Å². The normalized spacial score (nSPS) is 12.9. The molecule has 1 unspecified atom stereocenters. The smallest absolute Gasteiger partial charge is 0.129 e. The van der Waals surface area contributed by atoms with E-state index in [2.05, 4.69) is 0 Å². The van der Waals surface area contributed by atoms with Crippen molar-refractivity contribution < 1.29 is 14.6 Å². The SMILES string of the molecule is Cc1cccc(F)c1C(O)CCO. The van der Waals surface area contributed by atoms with Crippen LogP contribution >= 0.6 is 0 Å². The molecule has 1 aromatic rings. The van der Waals surface area contributed by atoms with Gasteiger partial charge in [0, 0.05) is 18.6 Å². The van der Waals surface area contributed by atoms with Crippen molar-refractivity contribution in [2.75, 3.05) is 6.61 Å². The molecule has 0 amide bonds. The first-order chi connectivity index (χ1) is 6.16. The van der Waals surface area contributed by atoms with E-state index >= 15 is 0 Å². The molecule has 0 saturated carbocycles. The van der Waals surface area contributed by atoms with E-state index in [4.69, 9.17) is 5.11 Å². The Morgan fingerprint density at radius 1 is 1.46 bits per heavy atom. The van der Waals surface area contributed by atoms with E-state index in [1.807, 2.05) is 0 Å². The molecule has 0 aromatic heterocycles. The topological polar surface area (TPSA) is 40.5 Å². The summed E-state index contributed by atoms with van der Waals surface area (Å²) in [6, 6.07) is 4.64. The van der Waals surface area contributed by atoms with Crippen LogP contribution in [0, 0.1) is 12.7 Å². The third-order valence-electron chi connectivity index (χ3n) is 2.01. The highest BCUT2D eigenvalue weighted by Gasteiger charge is 2.13. The molecule has 2 nitrogen and oxygen atoms in total. The lowest BCUT2D eigenvalue weighted by Gasteiger charge is -2.12. The quantitative estimate of drug-likeness (QED) is 0.748. The lowest BCUT2D eigenvalue weighted by molar-refractivity contribution is 0.130. The summed E-state index contributed by atoms with van der Waals surface area (Å²) >= 11 is 0. The molecular formula is C10H13FO2. The molecule has 13 heavy (non-hydrogen) atoms. The zero-order valence-corrected chi connectivity index (χ0v) is 7.50. The molecule has 72 valence electrons. The number of hydrogen-bond donors (Lipinski definition) is 2. The van der Waals surface area contributed by atoms with Crippen LogP contribution in [0.4, 0.5) is 4.39 Å². The largest absolute Gasteiger partial charge is 0.396 e. The average molecular weight is 184 g/mol. The van der Waals surface area contributed by atoms with E-state index in [9.17, 15) is 9.50 Å². The van der Waals surface area contributed by atoms with Crippen LogP contribution < -0.4 is 0 Å². The van der Waals surface area contributed by atoms with Gasteiger partial charge in [0.25, 0.3) is 0 Å². The molecule has 2 N–H and O–H groups in total. The summed E-state index contributed by atoms with van der Waals surface area (Å²) in [5.41, 5.74) is 0.998. The van der Waals surface area contributed by atoms with Gasteiger partial charge >= 0.3 is 0 Å². The van der Waals surface area contributed by atoms with Gasteiger partial charge in [0.15, 0.2) is 0 Å². The summed E-state index contributed by atoms with van der Waals surface area (Å²) < 4.78 is 13.2. The standard InChI is InChI=1S/C10H13FO2/c1-7-3-2-4-8(11)10(7)9(13)5-6-12/h2-4,9,12-13H,5-6H2,1H3. The highest BCUT2D eigenvalue weighted by atomic mass is 19.1. The molecular weight excluding hydrogens is 171 g/mol. The van der Waals surface area contributed by atoms with Crippen LogP contribution in [0.25, 0.3) is 0 Å². The second kappa shape index (κ2) is 4.35. The fraction of sp³-hybridized carbons (Fsp3) is 0.400. The molecule has 0 bridgehead atoms. The maximum Gasteiger partial charge on any atom is 0.129 e. The first-order valence-electron chi connectivity index (χ1n) is 4.20. The van der Waals surface area contributed by atoms with Crippen molar-refractivity contribution in [1.82, 2.24) is 0 Å². The van der Waals surface area contributed by atoms with Gasteiger partial charge in [-0.2, -0.15) is 0 Å². The summed E-state index contributed by atoms with van der Waals surface area (Å²) in [6.07, 6.45) is -0.743. The second-order valence-electron chi connectivity index (χ2n) is 3.00. The summed E-state index contributed by atoms with van der Waals surface area (Å²) in [7, 11) is 0. The van der Waals surface area contributed by atoms with Crippen molar-refractivity contribution in [3.63, 3.8) is 0 Å². The summed E-state index contributed by atoms with van der Waals surface area (Å²) in [5.74, 6) is -0.416. The third-order valence-corrected chi connectivity index (χ3v) is 2.01. The lowest BCUT2D eigenvalue weighted by Crippen LogP contribution is -2.05. The monoisotopic (exact) mass is 184 g/mol. The van der Waals surface area contributed by atoms with Gasteiger partial charge in [0.2, 0.25) is 0 Å². The van der Waals surface area contributed by atoms with Crippen LogP contribution in [-0.4, -0.2) is 16.8 Å². The van der Waals surface area contributed by atoms with Gasteiger partial charge in [-0.3, -0.25) is 0 Å². The Balaban J connectivity index is 2.98. The molecule has 0 radical (unpaired) electrons. The Hall–Kier alpha value is -0.930. The Morgan fingerprint density at radius 2 is 2.15 bits per heavy atom. The third kappa shape index (κ3) is 2.26. The molecule has 0 saturated heterocycles. The molecule has 0 spiro atoms. The van der Waals surface area contributed by atoms with Crippen LogP contribution in [0.1, 0.15) is 23.7 Å². The van der Waals surface area contributed by atoms with Gasteiger partial charge in [0.1, 0.15) is 5.82 Å². The highest BCUT2D eigenvalue weighted by molar-refractivity contribution is 5.29. The Bertz CT molecular complexity index is 266. The van der Waals surface area contributed by atoms with E-state index in [0.29, 0.717) is 5.56 Å². The molecule has 1 rings (SSSR count). The van der Waals surface area contributed by atoms with Gasteiger partial charge in [-0.05, 0) is 18.6 Å². The van der Waals surface area contributed by atoms with E-state index < -0.39 is 11.9 Å². The molecule has 3 heteroatoms. The van der Waals surface area contributed by atoms with E-state index in [1.165, 1.54) is 6.07 Å². The Kier molecular flexibility index (Phi) is 3.39. The van der Waals surface area contributed by atoms with Gasteiger partial charge < -0.3 is 10.2 Å². The predicted octanol–water partition coefficient (Wildman–Crippen LogP) is 1.55. The van der Waals surface area contributed by atoms with E-state index in [1.54, 1.807) is 19.1 Å². The van der Waals surface area contributed by atoms with Gasteiger partial charge in [-0.15, -0.1) is 0 Å². The van der Waals surface area contributed by atoms with Crippen molar-refractivity contribution in [3.05, 3.63) is 35.1 Å². The number of halogens is 1. The summed E-state index contributed by atoms with van der Waals surface area (Å²) in [4.78, 5) is 0. The molecule has 0 heterocycles. The zero-order chi connectivity index (χ0) is 9.84. The average Bonchev–Trinajstić information content (AvgIpc) is 2.04. The number of aliphatic hydroxyl groups excluding tert-OH is 2. The van der Waals surface area contributed by atoms with Crippen LogP contribution in [-0.2, 0) is 0 Å². The predicted molar refractivity (Wildman–Crippen MR) is 47.8 cm³/mol. The van der Waals surface area contributed by atoms with Gasteiger partial charge in [-0.1, -0.05) is 12.1 Å². The maximum atomic E-state index is 13.2.